The monoisotopic (exact) mass is 226 g/mol. The summed E-state index contributed by atoms with van der Waals surface area (Å²) in [7, 11) is 0. The minimum atomic E-state index is 0.156. The minimum Gasteiger partial charge on any atom is -0.353 e. The molecule has 1 saturated carbocycles. The van der Waals surface area contributed by atoms with E-state index in [9.17, 15) is 4.79 Å². The molecule has 0 aliphatic heterocycles. The predicted molar refractivity (Wildman–Crippen MR) is 62.6 cm³/mol. The van der Waals surface area contributed by atoms with E-state index in [1.807, 2.05) is 0 Å². The fourth-order valence-corrected chi connectivity index (χ4v) is 2.52. The molecule has 84 valence electrons. The Morgan fingerprint density at radius 2 is 2.20 bits per heavy atom. The number of nitrogens with one attached hydrogen (secondary N) is 1. The molecule has 1 rings (SSSR count). The van der Waals surface area contributed by atoms with Gasteiger partial charge >= 0.3 is 0 Å². The van der Waals surface area contributed by atoms with E-state index < -0.39 is 0 Å². The number of amides is 1. The van der Waals surface area contributed by atoms with E-state index in [0.717, 1.165) is 25.0 Å². The van der Waals surface area contributed by atoms with Gasteiger partial charge in [0.05, 0.1) is 11.8 Å². The molecule has 0 spiro atoms. The lowest BCUT2D eigenvalue weighted by atomic mass is 10.2. The first-order valence-electron chi connectivity index (χ1n) is 5.57. The summed E-state index contributed by atoms with van der Waals surface area (Å²) in [6.07, 6.45) is 6.27. The van der Waals surface area contributed by atoms with Crippen molar-refractivity contribution in [2.45, 2.75) is 44.6 Å². The highest BCUT2D eigenvalue weighted by molar-refractivity contribution is 7.99. The minimum absolute atomic E-state index is 0.156. The van der Waals surface area contributed by atoms with E-state index >= 15 is 0 Å². The van der Waals surface area contributed by atoms with Crippen LogP contribution in [0.25, 0.3) is 0 Å². The number of rotatable bonds is 6. The summed E-state index contributed by atoms with van der Waals surface area (Å²) >= 11 is 1.62. The van der Waals surface area contributed by atoms with Gasteiger partial charge in [-0.15, -0.1) is 0 Å². The molecular weight excluding hydrogens is 208 g/mol. The SMILES string of the molecule is N#CCCCSCC(=O)NC1CCCC1. The zero-order valence-corrected chi connectivity index (χ0v) is 9.81. The molecule has 15 heavy (non-hydrogen) atoms. The van der Waals surface area contributed by atoms with Gasteiger partial charge in [-0.1, -0.05) is 12.8 Å². The molecule has 0 aromatic rings. The van der Waals surface area contributed by atoms with E-state index in [4.69, 9.17) is 5.26 Å². The fraction of sp³-hybridized carbons (Fsp3) is 0.818. The molecular formula is C11H18N2OS. The zero-order valence-electron chi connectivity index (χ0n) is 9.00. The molecule has 3 nitrogen and oxygen atoms in total. The molecule has 4 heteroatoms. The summed E-state index contributed by atoms with van der Waals surface area (Å²) in [4.78, 5) is 11.4. The van der Waals surface area contributed by atoms with Crippen LogP contribution in [0, 0.1) is 11.3 Å². The second-order valence-electron chi connectivity index (χ2n) is 3.86. The van der Waals surface area contributed by atoms with Gasteiger partial charge in [-0.3, -0.25) is 4.79 Å². The average molecular weight is 226 g/mol. The van der Waals surface area contributed by atoms with E-state index in [-0.39, 0.29) is 5.91 Å². The van der Waals surface area contributed by atoms with Crippen LogP contribution in [0.1, 0.15) is 38.5 Å². The third-order valence-corrected chi connectivity index (χ3v) is 3.57. The lowest BCUT2D eigenvalue weighted by molar-refractivity contribution is -0.119. The van der Waals surface area contributed by atoms with Crippen LogP contribution < -0.4 is 5.32 Å². The molecule has 0 radical (unpaired) electrons. The quantitative estimate of drug-likeness (QED) is 0.705. The van der Waals surface area contributed by atoms with Crippen molar-refractivity contribution in [2.75, 3.05) is 11.5 Å². The number of nitriles is 1. The fourth-order valence-electron chi connectivity index (χ4n) is 1.76. The van der Waals surface area contributed by atoms with Crippen molar-refractivity contribution in [1.82, 2.24) is 5.32 Å². The van der Waals surface area contributed by atoms with Gasteiger partial charge in [-0.2, -0.15) is 17.0 Å². The Labute approximate surface area is 95.6 Å². The maximum atomic E-state index is 11.4. The molecule has 0 atom stereocenters. The summed E-state index contributed by atoms with van der Waals surface area (Å²) in [5.41, 5.74) is 0. The van der Waals surface area contributed by atoms with Gasteiger partial charge in [-0.25, -0.2) is 0 Å². The molecule has 1 aliphatic rings. The first-order chi connectivity index (χ1) is 7.33. The maximum Gasteiger partial charge on any atom is 0.230 e. The van der Waals surface area contributed by atoms with Crippen molar-refractivity contribution in [1.29, 1.82) is 5.26 Å². The van der Waals surface area contributed by atoms with Gasteiger partial charge in [0.15, 0.2) is 0 Å². The molecule has 1 N–H and O–H groups in total. The highest BCUT2D eigenvalue weighted by atomic mass is 32.2. The van der Waals surface area contributed by atoms with Crippen molar-refractivity contribution in [3.05, 3.63) is 0 Å². The lowest BCUT2D eigenvalue weighted by Crippen LogP contribution is -2.33. The predicted octanol–water partition coefficient (Wildman–Crippen LogP) is 2.08. The maximum absolute atomic E-state index is 11.4. The van der Waals surface area contributed by atoms with Crippen LogP contribution in [-0.4, -0.2) is 23.5 Å². The molecule has 1 fully saturated rings. The molecule has 1 aliphatic carbocycles. The van der Waals surface area contributed by atoms with E-state index in [1.165, 1.54) is 12.8 Å². The standard InChI is InChI=1S/C11H18N2OS/c12-7-3-4-8-15-9-11(14)13-10-5-1-2-6-10/h10H,1-6,8-9H2,(H,13,14). The molecule has 0 aromatic carbocycles. The van der Waals surface area contributed by atoms with Gasteiger partial charge in [-0.05, 0) is 25.0 Å². The van der Waals surface area contributed by atoms with Gasteiger partial charge < -0.3 is 5.32 Å². The smallest absolute Gasteiger partial charge is 0.230 e. The number of carbonyl (C=O) groups is 1. The normalized spacial score (nSPS) is 16.2. The lowest BCUT2D eigenvalue weighted by Gasteiger charge is -2.11. The first-order valence-corrected chi connectivity index (χ1v) is 6.72. The zero-order chi connectivity index (χ0) is 10.9. The van der Waals surface area contributed by atoms with Crippen molar-refractivity contribution in [2.24, 2.45) is 0 Å². The van der Waals surface area contributed by atoms with Crippen LogP contribution in [0.3, 0.4) is 0 Å². The van der Waals surface area contributed by atoms with Gasteiger partial charge in [0, 0.05) is 12.5 Å². The Morgan fingerprint density at radius 3 is 2.87 bits per heavy atom. The Hall–Kier alpha value is -0.690. The summed E-state index contributed by atoms with van der Waals surface area (Å²) in [5.74, 6) is 1.61. The molecule has 1 amide bonds. The van der Waals surface area contributed by atoms with Crippen molar-refractivity contribution < 1.29 is 4.79 Å². The van der Waals surface area contributed by atoms with Crippen molar-refractivity contribution in [3.8, 4) is 6.07 Å². The number of carbonyl (C=O) groups excluding carboxylic acids is 1. The summed E-state index contributed by atoms with van der Waals surface area (Å²) in [5, 5.41) is 11.4. The number of unbranched alkanes of at least 4 members (excludes halogenated alkanes) is 1. The van der Waals surface area contributed by atoms with Crippen LogP contribution in [0.2, 0.25) is 0 Å². The number of thioether (sulfide) groups is 1. The second kappa shape index (κ2) is 7.58. The molecule has 0 bridgehead atoms. The Morgan fingerprint density at radius 1 is 1.47 bits per heavy atom. The highest BCUT2D eigenvalue weighted by Crippen LogP contribution is 2.17. The Kier molecular flexibility index (Phi) is 6.26. The first kappa shape index (κ1) is 12.4. The van der Waals surface area contributed by atoms with Crippen LogP contribution in [0.4, 0.5) is 0 Å². The van der Waals surface area contributed by atoms with Crippen LogP contribution in [0.15, 0.2) is 0 Å². The van der Waals surface area contributed by atoms with Crippen molar-refractivity contribution in [3.63, 3.8) is 0 Å². The third kappa shape index (κ3) is 5.68. The van der Waals surface area contributed by atoms with E-state index in [0.29, 0.717) is 18.2 Å². The third-order valence-electron chi connectivity index (χ3n) is 2.53. The second-order valence-corrected chi connectivity index (χ2v) is 4.97. The molecule has 0 heterocycles. The van der Waals surface area contributed by atoms with Gasteiger partial charge in [0.2, 0.25) is 5.91 Å². The Balaban J connectivity index is 1.96. The molecule has 0 unspecified atom stereocenters. The number of hydrogen-bond donors (Lipinski definition) is 1. The summed E-state index contributed by atoms with van der Waals surface area (Å²) in [6, 6.07) is 2.53. The van der Waals surface area contributed by atoms with E-state index in [2.05, 4.69) is 11.4 Å². The van der Waals surface area contributed by atoms with Crippen LogP contribution in [-0.2, 0) is 4.79 Å². The van der Waals surface area contributed by atoms with Crippen LogP contribution in [0.5, 0.6) is 0 Å². The van der Waals surface area contributed by atoms with Crippen LogP contribution >= 0.6 is 11.8 Å². The molecule has 0 aromatic heterocycles. The largest absolute Gasteiger partial charge is 0.353 e. The number of nitrogens with zero attached hydrogens (tertiary/aromatic N) is 1. The summed E-state index contributed by atoms with van der Waals surface area (Å²) in [6.45, 7) is 0. The Bertz CT molecular complexity index is 231. The highest BCUT2D eigenvalue weighted by Gasteiger charge is 2.16. The summed E-state index contributed by atoms with van der Waals surface area (Å²) < 4.78 is 0. The molecule has 0 saturated heterocycles. The number of hydrogen-bond acceptors (Lipinski definition) is 3. The van der Waals surface area contributed by atoms with Crippen molar-refractivity contribution >= 4 is 17.7 Å². The van der Waals surface area contributed by atoms with Gasteiger partial charge in [0.25, 0.3) is 0 Å². The van der Waals surface area contributed by atoms with E-state index in [1.54, 1.807) is 11.8 Å². The average Bonchev–Trinajstić information content (AvgIpc) is 2.70. The topological polar surface area (TPSA) is 52.9 Å². The van der Waals surface area contributed by atoms with Gasteiger partial charge in [0.1, 0.15) is 0 Å².